The van der Waals surface area contributed by atoms with E-state index in [4.69, 9.17) is 27.9 Å². The van der Waals surface area contributed by atoms with Crippen molar-refractivity contribution < 1.29 is 14.6 Å². The number of halogens is 2. The number of aliphatic hydroxyl groups excluding tert-OH is 1. The molecule has 2 atom stereocenters. The van der Waals surface area contributed by atoms with Crippen molar-refractivity contribution in [3.05, 3.63) is 33.8 Å². The first kappa shape index (κ1) is 18.2. The van der Waals surface area contributed by atoms with E-state index in [1.807, 2.05) is 6.92 Å². The van der Waals surface area contributed by atoms with Gasteiger partial charge in [-0.15, -0.1) is 0 Å². The number of methoxy groups -OCH3 is 1. The molecule has 0 spiro atoms. The van der Waals surface area contributed by atoms with Crippen LogP contribution in [0.4, 0.5) is 0 Å². The van der Waals surface area contributed by atoms with Gasteiger partial charge in [0, 0.05) is 41.8 Å². The number of aliphatic hydroxyl groups is 1. The van der Waals surface area contributed by atoms with Crippen LogP contribution < -0.4 is 5.32 Å². The van der Waals surface area contributed by atoms with Gasteiger partial charge in [0.2, 0.25) is 5.91 Å². The van der Waals surface area contributed by atoms with E-state index in [1.165, 1.54) is 0 Å². The van der Waals surface area contributed by atoms with Gasteiger partial charge in [0.1, 0.15) is 0 Å². The Morgan fingerprint density at radius 3 is 2.76 bits per heavy atom. The van der Waals surface area contributed by atoms with Crippen molar-refractivity contribution in [3.63, 3.8) is 0 Å². The summed E-state index contributed by atoms with van der Waals surface area (Å²) in [7, 11) is 1.64. The summed E-state index contributed by atoms with van der Waals surface area (Å²) in [6.07, 6.45) is 0.721. The van der Waals surface area contributed by atoms with E-state index in [2.05, 4.69) is 5.32 Å². The van der Waals surface area contributed by atoms with E-state index < -0.39 is 6.10 Å². The number of hydrogen-bond donors (Lipinski definition) is 2. The molecule has 0 aromatic heterocycles. The maximum absolute atomic E-state index is 11.9. The van der Waals surface area contributed by atoms with Crippen molar-refractivity contribution in [2.75, 3.05) is 20.3 Å². The lowest BCUT2D eigenvalue weighted by molar-refractivity contribution is -0.125. The molecule has 0 saturated carbocycles. The lowest BCUT2D eigenvalue weighted by Crippen LogP contribution is -2.32. The molecule has 0 aliphatic rings. The first-order chi connectivity index (χ1) is 9.95. The smallest absolute Gasteiger partial charge is 0.222 e. The topological polar surface area (TPSA) is 58.6 Å². The van der Waals surface area contributed by atoms with Crippen molar-refractivity contribution in [1.29, 1.82) is 0 Å². The van der Waals surface area contributed by atoms with Crippen molar-refractivity contribution in [2.45, 2.75) is 25.9 Å². The van der Waals surface area contributed by atoms with Gasteiger partial charge in [-0.2, -0.15) is 0 Å². The summed E-state index contributed by atoms with van der Waals surface area (Å²) in [6, 6.07) is 4.88. The highest BCUT2D eigenvalue weighted by Gasteiger charge is 2.16. The van der Waals surface area contributed by atoms with Crippen LogP contribution in [0.3, 0.4) is 0 Å². The predicted octanol–water partition coefficient (Wildman–Crippen LogP) is 3.21. The molecule has 1 aromatic rings. The summed E-state index contributed by atoms with van der Waals surface area (Å²) in [6.45, 7) is 2.61. The predicted molar refractivity (Wildman–Crippen MR) is 84.7 cm³/mol. The molecule has 4 nitrogen and oxygen atoms in total. The van der Waals surface area contributed by atoms with Crippen molar-refractivity contribution in [1.82, 2.24) is 5.32 Å². The molecule has 0 aliphatic carbocycles. The van der Waals surface area contributed by atoms with Crippen LogP contribution in [-0.2, 0) is 9.53 Å². The molecule has 2 N–H and O–H groups in total. The van der Waals surface area contributed by atoms with Crippen LogP contribution in [0.1, 0.15) is 31.4 Å². The van der Waals surface area contributed by atoms with Crippen LogP contribution in [0.25, 0.3) is 0 Å². The average molecular weight is 334 g/mol. The molecule has 0 saturated heterocycles. The Morgan fingerprint density at radius 2 is 2.14 bits per heavy atom. The summed E-state index contributed by atoms with van der Waals surface area (Å²) in [4.78, 5) is 11.9. The molecular formula is C15H21Cl2NO3. The van der Waals surface area contributed by atoms with Crippen LogP contribution in [0, 0.1) is 5.92 Å². The van der Waals surface area contributed by atoms with Crippen molar-refractivity contribution in [2.24, 2.45) is 5.92 Å². The second kappa shape index (κ2) is 9.26. The largest absolute Gasteiger partial charge is 0.387 e. The van der Waals surface area contributed by atoms with Gasteiger partial charge in [-0.25, -0.2) is 0 Å². The molecule has 0 aliphatic heterocycles. The van der Waals surface area contributed by atoms with Gasteiger partial charge in [0.25, 0.3) is 0 Å². The van der Waals surface area contributed by atoms with Crippen molar-refractivity contribution >= 4 is 29.1 Å². The first-order valence-corrected chi connectivity index (χ1v) is 7.61. The number of rotatable bonds is 8. The third-order valence-corrected chi connectivity index (χ3v) is 3.79. The zero-order chi connectivity index (χ0) is 15.8. The summed E-state index contributed by atoms with van der Waals surface area (Å²) in [5, 5.41) is 13.7. The van der Waals surface area contributed by atoms with Crippen LogP contribution in [0.5, 0.6) is 0 Å². The summed E-state index contributed by atoms with van der Waals surface area (Å²) in [5.41, 5.74) is 0.549. The number of carbonyl (C=O) groups is 1. The van der Waals surface area contributed by atoms with Crippen LogP contribution in [-0.4, -0.2) is 31.3 Å². The van der Waals surface area contributed by atoms with E-state index >= 15 is 0 Å². The highest BCUT2D eigenvalue weighted by molar-refractivity contribution is 6.35. The second-order valence-corrected chi connectivity index (χ2v) is 5.81. The molecule has 1 amide bonds. The number of amides is 1. The highest BCUT2D eigenvalue weighted by Crippen LogP contribution is 2.25. The van der Waals surface area contributed by atoms with Gasteiger partial charge in [0.15, 0.2) is 0 Å². The van der Waals surface area contributed by atoms with Gasteiger partial charge in [0.05, 0.1) is 6.10 Å². The van der Waals surface area contributed by atoms with Crippen LogP contribution in [0.2, 0.25) is 10.0 Å². The van der Waals surface area contributed by atoms with Crippen LogP contribution >= 0.6 is 23.2 Å². The summed E-state index contributed by atoms with van der Waals surface area (Å²) < 4.78 is 4.95. The Labute approximate surface area is 135 Å². The monoisotopic (exact) mass is 333 g/mol. The SMILES string of the molecule is COCCCC(C)C(=O)NCC(O)c1ccc(Cl)cc1Cl. The molecular weight excluding hydrogens is 313 g/mol. The lowest BCUT2D eigenvalue weighted by Gasteiger charge is -2.16. The Bertz CT molecular complexity index is 468. The Morgan fingerprint density at radius 1 is 1.43 bits per heavy atom. The van der Waals surface area contributed by atoms with Gasteiger partial charge in [-0.05, 0) is 25.0 Å². The zero-order valence-corrected chi connectivity index (χ0v) is 13.7. The highest BCUT2D eigenvalue weighted by atomic mass is 35.5. The number of hydrogen-bond acceptors (Lipinski definition) is 3. The number of ether oxygens (including phenoxy) is 1. The maximum atomic E-state index is 11.9. The van der Waals surface area contributed by atoms with Gasteiger partial charge < -0.3 is 15.2 Å². The fourth-order valence-corrected chi connectivity index (χ4v) is 2.45. The van der Waals surface area contributed by atoms with Crippen molar-refractivity contribution in [3.8, 4) is 0 Å². The second-order valence-electron chi connectivity index (χ2n) is 4.96. The van der Waals surface area contributed by atoms with Crippen LogP contribution in [0.15, 0.2) is 18.2 Å². The van der Waals surface area contributed by atoms with E-state index in [1.54, 1.807) is 25.3 Å². The molecule has 0 bridgehead atoms. The van der Waals surface area contributed by atoms with Gasteiger partial charge >= 0.3 is 0 Å². The molecule has 2 unspecified atom stereocenters. The normalized spacial score (nSPS) is 13.8. The third kappa shape index (κ3) is 6.22. The minimum absolute atomic E-state index is 0.0877. The minimum Gasteiger partial charge on any atom is -0.387 e. The van der Waals surface area contributed by atoms with E-state index in [-0.39, 0.29) is 18.4 Å². The van der Waals surface area contributed by atoms with E-state index in [0.29, 0.717) is 22.2 Å². The lowest BCUT2D eigenvalue weighted by atomic mass is 10.0. The van der Waals surface area contributed by atoms with Gasteiger partial charge in [-0.1, -0.05) is 36.2 Å². The molecule has 1 aromatic carbocycles. The van der Waals surface area contributed by atoms with Gasteiger partial charge in [-0.3, -0.25) is 4.79 Å². The fourth-order valence-electron chi connectivity index (χ4n) is 1.92. The molecule has 118 valence electrons. The minimum atomic E-state index is -0.857. The Kier molecular flexibility index (Phi) is 8.04. The van der Waals surface area contributed by atoms with E-state index in [9.17, 15) is 9.90 Å². The Balaban J connectivity index is 2.44. The zero-order valence-electron chi connectivity index (χ0n) is 12.2. The third-order valence-electron chi connectivity index (χ3n) is 3.22. The fraction of sp³-hybridized carbons (Fsp3) is 0.533. The quantitative estimate of drug-likeness (QED) is 0.718. The Hall–Kier alpha value is -0.810. The van der Waals surface area contributed by atoms with E-state index in [0.717, 1.165) is 12.8 Å². The summed E-state index contributed by atoms with van der Waals surface area (Å²) >= 11 is 11.8. The molecule has 1 rings (SSSR count). The number of benzene rings is 1. The molecule has 21 heavy (non-hydrogen) atoms. The summed E-state index contributed by atoms with van der Waals surface area (Å²) in [5.74, 6) is -0.205. The molecule has 0 radical (unpaired) electrons. The maximum Gasteiger partial charge on any atom is 0.222 e. The molecule has 0 heterocycles. The number of nitrogens with one attached hydrogen (secondary N) is 1. The molecule has 0 fully saturated rings. The average Bonchev–Trinajstić information content (AvgIpc) is 2.44. The number of carbonyl (C=O) groups excluding carboxylic acids is 1. The standard InChI is InChI=1S/C15H21Cl2NO3/c1-10(4-3-7-21-2)15(20)18-9-14(19)12-6-5-11(16)8-13(12)17/h5-6,8,10,14,19H,3-4,7,9H2,1-2H3,(H,18,20). The molecule has 6 heteroatoms. The first-order valence-electron chi connectivity index (χ1n) is 6.85.